The van der Waals surface area contributed by atoms with Crippen LogP contribution in [0.1, 0.15) is 17.9 Å². The molecule has 0 bridgehead atoms. The predicted molar refractivity (Wildman–Crippen MR) is 120 cm³/mol. The molecule has 180 valence electrons. The molecule has 2 heterocycles. The second kappa shape index (κ2) is 8.91. The number of likely N-dealkylation sites (tertiary alicyclic amines) is 1. The first-order chi connectivity index (χ1) is 16.0. The summed E-state index contributed by atoms with van der Waals surface area (Å²) in [4.78, 5) is 30.7. The molecule has 0 saturated carbocycles. The van der Waals surface area contributed by atoms with E-state index in [4.69, 9.17) is 27.6 Å². The lowest BCUT2D eigenvalue weighted by Gasteiger charge is -2.24. The van der Waals surface area contributed by atoms with Gasteiger partial charge in [-0.1, -0.05) is 23.2 Å². The van der Waals surface area contributed by atoms with Gasteiger partial charge in [-0.3, -0.25) is 9.63 Å². The highest BCUT2D eigenvalue weighted by Gasteiger charge is 2.37. The number of nitrogens with zero attached hydrogens (tertiary/aromatic N) is 2. The zero-order valence-electron chi connectivity index (χ0n) is 17.4. The third kappa shape index (κ3) is 3.90. The van der Waals surface area contributed by atoms with Crippen LogP contribution in [0.5, 0.6) is 17.2 Å². The molecule has 1 aliphatic heterocycles. The molecule has 34 heavy (non-hydrogen) atoms. The van der Waals surface area contributed by atoms with Crippen molar-refractivity contribution >= 4 is 34.2 Å². The van der Waals surface area contributed by atoms with Gasteiger partial charge in [0.05, 0.1) is 16.7 Å². The van der Waals surface area contributed by atoms with Crippen LogP contribution in [0.25, 0.3) is 22.3 Å². The lowest BCUT2D eigenvalue weighted by molar-refractivity contribution is -0.711. The quantitative estimate of drug-likeness (QED) is 0.263. The summed E-state index contributed by atoms with van der Waals surface area (Å²) in [6.07, 6.45) is 0.456. The molecule has 1 fully saturated rings. The summed E-state index contributed by atoms with van der Waals surface area (Å²) in [6, 6.07) is 2.27. The van der Waals surface area contributed by atoms with E-state index in [2.05, 4.69) is 4.84 Å². The summed E-state index contributed by atoms with van der Waals surface area (Å²) in [5.41, 5.74) is -1.65. The molecule has 3 N–H and O–H groups in total. The van der Waals surface area contributed by atoms with Gasteiger partial charge in [-0.2, -0.15) is 0 Å². The number of aliphatic hydroxyl groups is 1. The number of halogens is 3. The molecular weight excluding hydrogens is 498 g/mol. The second-order valence-electron chi connectivity index (χ2n) is 7.81. The van der Waals surface area contributed by atoms with E-state index in [1.807, 2.05) is 4.90 Å². The number of likely N-dealkylation sites (N-methyl/N-ethyl adjacent to an activating group) is 1. The fourth-order valence-electron chi connectivity index (χ4n) is 4.34. The van der Waals surface area contributed by atoms with Gasteiger partial charge in [-0.15, -0.1) is 10.1 Å². The first kappa shape index (κ1) is 24.0. The molecule has 2 atom stereocenters. The molecular formula is C21H17Cl2FN2O8. The van der Waals surface area contributed by atoms with Crippen LogP contribution in [-0.4, -0.2) is 51.5 Å². The lowest BCUT2D eigenvalue weighted by Crippen LogP contribution is -2.32. The number of phenols is 2. The minimum atomic E-state index is -1.27. The Labute approximate surface area is 200 Å². The number of hydrogen-bond donors (Lipinski definition) is 3. The topological polar surface area (TPSA) is 147 Å². The van der Waals surface area contributed by atoms with Crippen molar-refractivity contribution in [3.8, 4) is 28.6 Å². The zero-order valence-corrected chi connectivity index (χ0v) is 18.9. The Balaban J connectivity index is 2.13. The molecule has 13 heteroatoms. The number of benzene rings is 2. The number of phenolic OH excluding ortho intramolecular Hbond substituents is 2. The van der Waals surface area contributed by atoms with E-state index in [1.54, 1.807) is 7.05 Å². The molecule has 2 aromatic carbocycles. The Morgan fingerprint density at radius 3 is 2.62 bits per heavy atom. The SMILES string of the molecule is CN1CCC(c2c(O)cc(O)c3c(=O)c(O[N+](=O)[O-])c(-c4cc(F)c(Cl)cc4Cl)oc23)C1CO. The highest BCUT2D eigenvalue weighted by Crippen LogP contribution is 2.46. The fourth-order valence-corrected chi connectivity index (χ4v) is 4.81. The van der Waals surface area contributed by atoms with Crippen LogP contribution in [0.4, 0.5) is 4.39 Å². The van der Waals surface area contributed by atoms with Crippen molar-refractivity contribution in [3.63, 3.8) is 0 Å². The van der Waals surface area contributed by atoms with Crippen molar-refractivity contribution in [3.05, 3.63) is 60.0 Å². The Hall–Kier alpha value is -3.12. The van der Waals surface area contributed by atoms with Crippen LogP contribution in [-0.2, 0) is 0 Å². The highest BCUT2D eigenvalue weighted by atomic mass is 35.5. The predicted octanol–water partition coefficient (Wildman–Crippen LogP) is 3.67. The minimum Gasteiger partial charge on any atom is -0.507 e. The largest absolute Gasteiger partial charge is 0.507 e. The van der Waals surface area contributed by atoms with E-state index < -0.39 is 56.7 Å². The van der Waals surface area contributed by atoms with E-state index in [-0.39, 0.29) is 33.4 Å². The number of fused-ring (bicyclic) bond motifs is 1. The number of hydrogen-bond acceptors (Lipinski definition) is 9. The number of rotatable bonds is 5. The van der Waals surface area contributed by atoms with E-state index in [9.17, 15) is 34.6 Å². The molecule has 0 radical (unpaired) electrons. The Morgan fingerprint density at radius 1 is 1.26 bits per heavy atom. The van der Waals surface area contributed by atoms with Crippen LogP contribution in [0.15, 0.2) is 27.4 Å². The Kier molecular flexibility index (Phi) is 6.30. The van der Waals surface area contributed by atoms with Crippen LogP contribution in [0.3, 0.4) is 0 Å². The highest BCUT2D eigenvalue weighted by molar-refractivity contribution is 6.36. The van der Waals surface area contributed by atoms with Gasteiger partial charge in [0.1, 0.15) is 28.3 Å². The van der Waals surface area contributed by atoms with Crippen molar-refractivity contribution in [2.24, 2.45) is 0 Å². The molecule has 0 aliphatic carbocycles. The van der Waals surface area contributed by atoms with E-state index in [0.29, 0.717) is 13.0 Å². The van der Waals surface area contributed by atoms with Gasteiger partial charge in [0, 0.05) is 29.2 Å². The van der Waals surface area contributed by atoms with Gasteiger partial charge in [0.25, 0.3) is 5.09 Å². The average Bonchev–Trinajstić information content (AvgIpc) is 3.12. The molecule has 1 aliphatic rings. The second-order valence-corrected chi connectivity index (χ2v) is 8.62. The van der Waals surface area contributed by atoms with Crippen molar-refractivity contribution in [1.82, 2.24) is 4.90 Å². The van der Waals surface area contributed by atoms with Crippen LogP contribution < -0.4 is 10.3 Å². The van der Waals surface area contributed by atoms with E-state index in [0.717, 1.165) is 18.2 Å². The Bertz CT molecular complexity index is 1380. The van der Waals surface area contributed by atoms with Crippen molar-refractivity contribution in [2.75, 3.05) is 20.2 Å². The normalized spacial score (nSPS) is 18.5. The monoisotopic (exact) mass is 514 g/mol. The molecule has 10 nitrogen and oxygen atoms in total. The summed E-state index contributed by atoms with van der Waals surface area (Å²) < 4.78 is 20.1. The molecule has 0 spiro atoms. The summed E-state index contributed by atoms with van der Waals surface area (Å²) in [5.74, 6) is -4.19. The Morgan fingerprint density at radius 2 is 1.97 bits per heavy atom. The summed E-state index contributed by atoms with van der Waals surface area (Å²) in [6.45, 7) is 0.266. The van der Waals surface area contributed by atoms with Gasteiger partial charge in [-0.05, 0) is 32.1 Å². The van der Waals surface area contributed by atoms with E-state index in [1.165, 1.54) is 0 Å². The molecule has 1 saturated heterocycles. The minimum absolute atomic E-state index is 0.0905. The van der Waals surface area contributed by atoms with Crippen molar-refractivity contribution in [1.29, 1.82) is 0 Å². The average molecular weight is 515 g/mol. The number of aromatic hydroxyl groups is 2. The molecule has 4 rings (SSSR count). The first-order valence-corrected chi connectivity index (χ1v) is 10.6. The van der Waals surface area contributed by atoms with Gasteiger partial charge < -0.3 is 24.6 Å². The molecule has 1 aromatic heterocycles. The molecule has 3 aromatic rings. The zero-order chi connectivity index (χ0) is 24.9. The fraction of sp³-hybridized carbons (Fsp3) is 0.286. The van der Waals surface area contributed by atoms with Gasteiger partial charge in [0.2, 0.25) is 11.2 Å². The van der Waals surface area contributed by atoms with Crippen molar-refractivity contribution < 1.29 is 34.1 Å². The van der Waals surface area contributed by atoms with Gasteiger partial charge >= 0.3 is 0 Å². The number of aliphatic hydroxyl groups excluding tert-OH is 1. The van der Waals surface area contributed by atoms with Crippen LogP contribution in [0.2, 0.25) is 10.0 Å². The maximum atomic E-state index is 14.2. The summed E-state index contributed by atoms with van der Waals surface area (Å²) in [7, 11) is 1.77. The standard InChI is InChI=1S/C21H17Cl2FN2O8/c1-25-3-2-8(13(25)7-27)16-14(28)6-15(29)17-18(30)21(34-26(31)32)19(33-20(16)17)9-4-12(24)11(23)5-10(9)22/h4-6,8,13,27-29H,2-3,7H2,1H3. The third-order valence-corrected chi connectivity index (χ3v) is 6.52. The smallest absolute Gasteiger partial charge is 0.300 e. The van der Waals surface area contributed by atoms with Gasteiger partial charge in [0.15, 0.2) is 5.76 Å². The maximum absolute atomic E-state index is 14.2. The van der Waals surface area contributed by atoms with Crippen LogP contribution in [0, 0.1) is 15.9 Å². The summed E-state index contributed by atoms with van der Waals surface area (Å²) in [5, 5.41) is 39.8. The van der Waals surface area contributed by atoms with E-state index >= 15 is 0 Å². The maximum Gasteiger partial charge on any atom is 0.300 e. The van der Waals surface area contributed by atoms with Crippen LogP contribution >= 0.6 is 23.2 Å². The summed E-state index contributed by atoms with van der Waals surface area (Å²) >= 11 is 11.9. The van der Waals surface area contributed by atoms with Crippen molar-refractivity contribution in [2.45, 2.75) is 18.4 Å². The lowest BCUT2D eigenvalue weighted by atomic mass is 9.89. The third-order valence-electron chi connectivity index (χ3n) is 5.92. The molecule has 2 unspecified atom stereocenters. The first-order valence-electron chi connectivity index (χ1n) is 9.89. The molecule has 0 amide bonds. The van der Waals surface area contributed by atoms with Gasteiger partial charge in [-0.25, -0.2) is 4.39 Å².